The molecule has 0 aliphatic carbocycles. The summed E-state index contributed by atoms with van der Waals surface area (Å²) in [5.41, 5.74) is 1.18. The summed E-state index contributed by atoms with van der Waals surface area (Å²) in [5.74, 6) is 0. The fraction of sp³-hybridized carbons (Fsp3) is 0. The first kappa shape index (κ1) is 13.4. The molecule has 0 saturated carbocycles. The zero-order chi connectivity index (χ0) is 14.1. The summed E-state index contributed by atoms with van der Waals surface area (Å²) in [7, 11) is 0. The fourth-order valence-electron chi connectivity index (χ4n) is 1.78. The highest BCUT2D eigenvalue weighted by Crippen LogP contribution is 2.26. The van der Waals surface area contributed by atoms with E-state index in [-0.39, 0.29) is 5.56 Å². The molecule has 0 fully saturated rings. The molecule has 0 unspecified atom stereocenters. The Balaban J connectivity index is 2.04. The van der Waals surface area contributed by atoms with E-state index in [2.05, 4.69) is 4.98 Å². The summed E-state index contributed by atoms with van der Waals surface area (Å²) < 4.78 is 1.50. The van der Waals surface area contributed by atoms with E-state index < -0.39 is 0 Å². The van der Waals surface area contributed by atoms with Crippen LogP contribution in [0, 0.1) is 0 Å². The second-order valence-corrected chi connectivity index (χ2v) is 5.73. The molecule has 3 aromatic rings. The molecule has 2 heterocycles. The molecule has 2 aromatic heterocycles. The van der Waals surface area contributed by atoms with Crippen molar-refractivity contribution in [1.82, 2.24) is 9.38 Å². The van der Waals surface area contributed by atoms with Crippen molar-refractivity contribution < 1.29 is 0 Å². The SMILES string of the molecule is O=c1cc(/C=C/c2c(Cl)cccc2Cl)nc2sccn12. The maximum atomic E-state index is 11.8. The van der Waals surface area contributed by atoms with Crippen LogP contribution in [0.2, 0.25) is 10.0 Å². The van der Waals surface area contributed by atoms with Crippen LogP contribution in [0.4, 0.5) is 0 Å². The van der Waals surface area contributed by atoms with Gasteiger partial charge in [0.1, 0.15) is 0 Å². The number of nitrogens with zero attached hydrogens (tertiary/aromatic N) is 2. The lowest BCUT2D eigenvalue weighted by molar-refractivity contribution is 1.07. The molecular weight excluding hydrogens is 315 g/mol. The van der Waals surface area contributed by atoms with Crippen LogP contribution in [0.5, 0.6) is 0 Å². The van der Waals surface area contributed by atoms with Gasteiger partial charge in [0.15, 0.2) is 4.96 Å². The van der Waals surface area contributed by atoms with Crippen molar-refractivity contribution in [3.8, 4) is 0 Å². The first-order chi connectivity index (χ1) is 9.65. The molecule has 3 rings (SSSR count). The van der Waals surface area contributed by atoms with Crippen molar-refractivity contribution in [3.63, 3.8) is 0 Å². The van der Waals surface area contributed by atoms with Gasteiger partial charge in [-0.3, -0.25) is 9.20 Å². The standard InChI is InChI=1S/C14H8Cl2N2OS/c15-11-2-1-3-12(16)10(11)5-4-9-8-13(19)18-6-7-20-14(18)17-9/h1-8H/b5-4+. The molecule has 0 radical (unpaired) electrons. The van der Waals surface area contributed by atoms with E-state index in [1.54, 1.807) is 36.5 Å². The minimum Gasteiger partial charge on any atom is -0.269 e. The van der Waals surface area contributed by atoms with Crippen LogP contribution in [0.25, 0.3) is 17.1 Å². The van der Waals surface area contributed by atoms with Gasteiger partial charge in [-0.15, -0.1) is 11.3 Å². The van der Waals surface area contributed by atoms with Gasteiger partial charge in [-0.25, -0.2) is 4.98 Å². The Bertz CT molecular complexity index is 847. The van der Waals surface area contributed by atoms with E-state index in [9.17, 15) is 4.79 Å². The molecule has 0 atom stereocenters. The molecule has 20 heavy (non-hydrogen) atoms. The normalized spacial score (nSPS) is 11.5. The number of fused-ring (bicyclic) bond motifs is 1. The van der Waals surface area contributed by atoms with Gasteiger partial charge in [-0.1, -0.05) is 29.3 Å². The first-order valence-electron chi connectivity index (χ1n) is 5.74. The highest BCUT2D eigenvalue weighted by atomic mass is 35.5. The van der Waals surface area contributed by atoms with Crippen LogP contribution in [0.1, 0.15) is 11.3 Å². The maximum absolute atomic E-state index is 11.8. The molecule has 0 N–H and O–H groups in total. The average molecular weight is 323 g/mol. The molecule has 0 spiro atoms. The lowest BCUT2D eigenvalue weighted by Gasteiger charge is -2.00. The highest BCUT2D eigenvalue weighted by Gasteiger charge is 2.03. The van der Waals surface area contributed by atoms with Gasteiger partial charge in [0, 0.05) is 33.3 Å². The summed E-state index contributed by atoms with van der Waals surface area (Å²) >= 11 is 13.6. The molecule has 0 aliphatic heterocycles. The summed E-state index contributed by atoms with van der Waals surface area (Å²) in [6.07, 6.45) is 5.19. The summed E-state index contributed by atoms with van der Waals surface area (Å²) in [4.78, 5) is 16.9. The van der Waals surface area contributed by atoms with Gasteiger partial charge in [0.05, 0.1) is 5.69 Å². The Morgan fingerprint density at radius 2 is 1.95 bits per heavy atom. The topological polar surface area (TPSA) is 34.4 Å². The van der Waals surface area contributed by atoms with E-state index in [0.29, 0.717) is 26.3 Å². The molecule has 0 amide bonds. The average Bonchev–Trinajstić information content (AvgIpc) is 2.87. The minimum absolute atomic E-state index is 0.110. The second kappa shape index (κ2) is 5.40. The largest absolute Gasteiger partial charge is 0.269 e. The van der Waals surface area contributed by atoms with Crippen LogP contribution in [0.3, 0.4) is 0 Å². The number of hydrogen-bond acceptors (Lipinski definition) is 3. The Kier molecular flexibility index (Phi) is 3.61. The molecule has 0 bridgehead atoms. The molecule has 0 saturated heterocycles. The predicted octanol–water partition coefficient (Wildman–Crippen LogP) is 4.23. The Morgan fingerprint density at radius 1 is 1.20 bits per heavy atom. The van der Waals surface area contributed by atoms with Crippen molar-refractivity contribution in [2.45, 2.75) is 0 Å². The van der Waals surface area contributed by atoms with Crippen LogP contribution in [0.15, 0.2) is 40.6 Å². The van der Waals surface area contributed by atoms with Crippen molar-refractivity contribution in [2.24, 2.45) is 0 Å². The lowest BCUT2D eigenvalue weighted by atomic mass is 10.2. The molecule has 100 valence electrons. The number of hydrogen-bond donors (Lipinski definition) is 0. The fourth-order valence-corrected chi connectivity index (χ4v) is 3.03. The predicted molar refractivity (Wildman–Crippen MR) is 84.7 cm³/mol. The van der Waals surface area contributed by atoms with Crippen LogP contribution < -0.4 is 5.56 Å². The zero-order valence-corrected chi connectivity index (χ0v) is 12.4. The third kappa shape index (κ3) is 2.50. The van der Waals surface area contributed by atoms with Crippen molar-refractivity contribution in [1.29, 1.82) is 0 Å². The van der Waals surface area contributed by atoms with E-state index in [4.69, 9.17) is 23.2 Å². The van der Waals surface area contributed by atoms with Gasteiger partial charge in [0.25, 0.3) is 5.56 Å². The third-order valence-corrected chi connectivity index (χ3v) is 4.16. The smallest absolute Gasteiger partial charge is 0.259 e. The second-order valence-electron chi connectivity index (χ2n) is 4.04. The Morgan fingerprint density at radius 3 is 2.70 bits per heavy atom. The first-order valence-corrected chi connectivity index (χ1v) is 7.38. The van der Waals surface area contributed by atoms with E-state index in [0.717, 1.165) is 0 Å². The maximum Gasteiger partial charge on any atom is 0.259 e. The molecule has 0 aliphatic rings. The lowest BCUT2D eigenvalue weighted by Crippen LogP contribution is -2.11. The number of thiazole rings is 1. The summed E-state index contributed by atoms with van der Waals surface area (Å²) in [5, 5.41) is 2.94. The number of aromatic nitrogens is 2. The minimum atomic E-state index is -0.110. The van der Waals surface area contributed by atoms with Gasteiger partial charge >= 0.3 is 0 Å². The zero-order valence-electron chi connectivity index (χ0n) is 10.1. The van der Waals surface area contributed by atoms with Crippen LogP contribution in [-0.2, 0) is 0 Å². The van der Waals surface area contributed by atoms with Crippen molar-refractivity contribution >= 4 is 51.7 Å². The number of halogens is 2. The summed E-state index contributed by atoms with van der Waals surface area (Å²) in [6, 6.07) is 6.78. The molecular formula is C14H8Cl2N2OS. The summed E-state index contributed by atoms with van der Waals surface area (Å²) in [6.45, 7) is 0. The van der Waals surface area contributed by atoms with Gasteiger partial charge in [-0.05, 0) is 24.3 Å². The molecule has 6 heteroatoms. The Hall–Kier alpha value is -1.62. The molecule has 3 nitrogen and oxygen atoms in total. The number of benzene rings is 1. The van der Waals surface area contributed by atoms with Gasteiger partial charge in [-0.2, -0.15) is 0 Å². The third-order valence-electron chi connectivity index (χ3n) is 2.74. The van der Waals surface area contributed by atoms with Gasteiger partial charge < -0.3 is 0 Å². The number of rotatable bonds is 2. The molecule has 1 aromatic carbocycles. The quantitative estimate of drug-likeness (QED) is 0.707. The van der Waals surface area contributed by atoms with E-state index >= 15 is 0 Å². The van der Waals surface area contributed by atoms with E-state index in [1.807, 2.05) is 5.38 Å². The van der Waals surface area contributed by atoms with Crippen LogP contribution in [-0.4, -0.2) is 9.38 Å². The highest BCUT2D eigenvalue weighted by molar-refractivity contribution is 7.15. The van der Waals surface area contributed by atoms with Crippen LogP contribution >= 0.6 is 34.5 Å². The monoisotopic (exact) mass is 322 g/mol. The van der Waals surface area contributed by atoms with E-state index in [1.165, 1.54) is 21.8 Å². The van der Waals surface area contributed by atoms with Crippen molar-refractivity contribution in [2.75, 3.05) is 0 Å². The Labute approximate surface area is 128 Å². The van der Waals surface area contributed by atoms with Gasteiger partial charge in [0.2, 0.25) is 0 Å². The van der Waals surface area contributed by atoms with Crippen molar-refractivity contribution in [3.05, 3.63) is 67.5 Å².